The highest BCUT2D eigenvalue weighted by Crippen LogP contribution is 2.64. The molecule has 1 heteroatoms. The van der Waals surface area contributed by atoms with Gasteiger partial charge in [-0.15, -0.1) is 0 Å². The highest BCUT2D eigenvalue weighted by molar-refractivity contribution is 6.09. The van der Waals surface area contributed by atoms with E-state index in [1.807, 2.05) is 26.8 Å². The first kappa shape index (κ1) is 22.9. The maximum Gasteiger partial charge on any atom is 0.136 e. The van der Waals surface area contributed by atoms with E-state index in [0.29, 0.717) is 0 Å². The van der Waals surface area contributed by atoms with Gasteiger partial charge in [-0.2, -0.15) is 0 Å². The first-order valence-corrected chi connectivity index (χ1v) is 12.5. The Morgan fingerprint density at radius 1 is 0.743 bits per heavy atom. The SMILES string of the molecule is C=Cc1oc(C2=C(C)c3ccccc3C23c2ccccc2-c2ccccc23)c(C)c1/C=C\C.CC. The Kier molecular flexibility index (Phi) is 5.73. The molecule has 0 N–H and O–H groups in total. The molecule has 1 heterocycles. The molecule has 6 rings (SSSR count). The van der Waals surface area contributed by atoms with Crippen LogP contribution in [0.5, 0.6) is 0 Å². The quantitative estimate of drug-likeness (QED) is 0.299. The van der Waals surface area contributed by atoms with E-state index < -0.39 is 5.41 Å². The van der Waals surface area contributed by atoms with Crippen molar-refractivity contribution in [3.8, 4) is 11.1 Å². The van der Waals surface area contributed by atoms with E-state index in [2.05, 4.69) is 105 Å². The van der Waals surface area contributed by atoms with Crippen molar-refractivity contribution >= 4 is 23.3 Å². The molecule has 2 aliphatic rings. The van der Waals surface area contributed by atoms with Crippen molar-refractivity contribution in [3.05, 3.63) is 130 Å². The summed E-state index contributed by atoms with van der Waals surface area (Å²) in [6.07, 6.45) is 6.02. The van der Waals surface area contributed by atoms with Gasteiger partial charge in [0, 0.05) is 16.7 Å². The first-order valence-electron chi connectivity index (χ1n) is 12.5. The highest BCUT2D eigenvalue weighted by atomic mass is 16.3. The van der Waals surface area contributed by atoms with Gasteiger partial charge in [0.15, 0.2) is 0 Å². The zero-order valence-corrected chi connectivity index (χ0v) is 21.3. The number of allylic oxidation sites excluding steroid dienone is 3. The third-order valence-electron chi connectivity index (χ3n) is 7.41. The van der Waals surface area contributed by atoms with E-state index in [4.69, 9.17) is 4.42 Å². The van der Waals surface area contributed by atoms with Crippen molar-refractivity contribution < 1.29 is 4.42 Å². The largest absolute Gasteiger partial charge is 0.456 e. The molecule has 3 aromatic carbocycles. The van der Waals surface area contributed by atoms with Crippen LogP contribution in [0.3, 0.4) is 0 Å². The predicted molar refractivity (Wildman–Crippen MR) is 150 cm³/mol. The Morgan fingerprint density at radius 2 is 1.23 bits per heavy atom. The van der Waals surface area contributed by atoms with Gasteiger partial charge in [0.1, 0.15) is 11.5 Å². The van der Waals surface area contributed by atoms with Gasteiger partial charge in [-0.25, -0.2) is 0 Å². The average molecular weight is 457 g/mol. The summed E-state index contributed by atoms with van der Waals surface area (Å²) in [5, 5.41) is 0. The van der Waals surface area contributed by atoms with Crippen LogP contribution >= 0.6 is 0 Å². The van der Waals surface area contributed by atoms with Crippen LogP contribution in [-0.2, 0) is 5.41 Å². The second-order valence-electron chi connectivity index (χ2n) is 8.92. The molecule has 0 aliphatic heterocycles. The molecule has 1 spiro atoms. The second kappa shape index (κ2) is 8.74. The van der Waals surface area contributed by atoms with Gasteiger partial charge in [-0.3, -0.25) is 0 Å². The van der Waals surface area contributed by atoms with Crippen LogP contribution < -0.4 is 0 Å². The van der Waals surface area contributed by atoms with Crippen molar-refractivity contribution in [3.63, 3.8) is 0 Å². The van der Waals surface area contributed by atoms with Crippen molar-refractivity contribution in [2.24, 2.45) is 0 Å². The summed E-state index contributed by atoms with van der Waals surface area (Å²) in [5.41, 5.74) is 12.3. The summed E-state index contributed by atoms with van der Waals surface area (Å²) in [6.45, 7) is 14.5. The summed E-state index contributed by atoms with van der Waals surface area (Å²) < 4.78 is 6.62. The van der Waals surface area contributed by atoms with Gasteiger partial charge in [0.05, 0.1) is 5.41 Å². The monoisotopic (exact) mass is 456 g/mol. The zero-order chi connectivity index (χ0) is 24.7. The molecule has 0 bridgehead atoms. The lowest BCUT2D eigenvalue weighted by Crippen LogP contribution is -2.26. The second-order valence-corrected chi connectivity index (χ2v) is 8.92. The summed E-state index contributed by atoms with van der Waals surface area (Å²) in [6, 6.07) is 26.6. The molecule has 0 saturated heterocycles. The average Bonchev–Trinajstić information content (AvgIpc) is 3.48. The molecule has 35 heavy (non-hydrogen) atoms. The fraction of sp³-hybridized carbons (Fsp3) is 0.176. The normalized spacial score (nSPS) is 14.5. The van der Waals surface area contributed by atoms with E-state index in [1.165, 1.54) is 44.5 Å². The third kappa shape index (κ3) is 2.94. The molecule has 2 aliphatic carbocycles. The summed E-state index contributed by atoms with van der Waals surface area (Å²) in [4.78, 5) is 0. The maximum absolute atomic E-state index is 6.62. The molecule has 0 fully saturated rings. The molecule has 0 amide bonds. The van der Waals surface area contributed by atoms with Crippen LogP contribution in [0.1, 0.15) is 72.6 Å². The van der Waals surface area contributed by atoms with Crippen molar-refractivity contribution in [1.82, 2.24) is 0 Å². The minimum atomic E-state index is -0.401. The predicted octanol–water partition coefficient (Wildman–Crippen LogP) is 9.55. The summed E-state index contributed by atoms with van der Waals surface area (Å²) in [7, 11) is 0. The fourth-order valence-electron chi connectivity index (χ4n) is 6.14. The van der Waals surface area contributed by atoms with Crippen molar-refractivity contribution in [2.45, 2.75) is 40.0 Å². The van der Waals surface area contributed by atoms with Crippen LogP contribution in [0, 0.1) is 6.92 Å². The van der Waals surface area contributed by atoms with Crippen LogP contribution in [0.15, 0.2) is 89.9 Å². The third-order valence-corrected chi connectivity index (χ3v) is 7.41. The lowest BCUT2D eigenvalue weighted by atomic mass is 9.68. The number of rotatable bonds is 3. The molecule has 0 saturated carbocycles. The molecule has 0 radical (unpaired) electrons. The Hall–Kier alpha value is -3.84. The van der Waals surface area contributed by atoms with E-state index in [0.717, 1.165) is 22.6 Å². The van der Waals surface area contributed by atoms with Gasteiger partial charge in [0.25, 0.3) is 0 Å². The summed E-state index contributed by atoms with van der Waals surface area (Å²) in [5.74, 6) is 1.78. The number of furan rings is 1. The molecule has 4 aromatic rings. The lowest BCUT2D eigenvalue weighted by molar-refractivity contribution is 0.533. The van der Waals surface area contributed by atoms with E-state index in [-0.39, 0.29) is 0 Å². The van der Waals surface area contributed by atoms with E-state index in [1.54, 1.807) is 0 Å². The molecule has 174 valence electrons. The Labute approximate surface area is 209 Å². The number of benzene rings is 3. The highest BCUT2D eigenvalue weighted by Gasteiger charge is 2.53. The van der Waals surface area contributed by atoms with Crippen molar-refractivity contribution in [1.29, 1.82) is 0 Å². The minimum absolute atomic E-state index is 0.401. The number of hydrogen-bond donors (Lipinski definition) is 0. The number of fused-ring (bicyclic) bond motifs is 7. The van der Waals surface area contributed by atoms with Gasteiger partial charge < -0.3 is 4.42 Å². The Balaban J connectivity index is 0.00000124. The lowest BCUT2D eigenvalue weighted by Gasteiger charge is -2.32. The topological polar surface area (TPSA) is 13.1 Å². The van der Waals surface area contributed by atoms with Crippen LogP contribution in [0.4, 0.5) is 0 Å². The van der Waals surface area contributed by atoms with Gasteiger partial charge in [0.2, 0.25) is 0 Å². The van der Waals surface area contributed by atoms with Crippen LogP contribution in [-0.4, -0.2) is 0 Å². The Bertz CT molecular complexity index is 1460. The molecule has 0 unspecified atom stereocenters. The van der Waals surface area contributed by atoms with Gasteiger partial charge in [-0.1, -0.05) is 105 Å². The van der Waals surface area contributed by atoms with Crippen LogP contribution in [0.25, 0.3) is 34.4 Å². The molecule has 0 atom stereocenters. The first-order chi connectivity index (χ1) is 17.1. The molecular weight excluding hydrogens is 424 g/mol. The molecule has 1 aromatic heterocycles. The van der Waals surface area contributed by atoms with Crippen LogP contribution in [0.2, 0.25) is 0 Å². The summed E-state index contributed by atoms with van der Waals surface area (Å²) >= 11 is 0. The molecule has 1 nitrogen and oxygen atoms in total. The minimum Gasteiger partial charge on any atom is -0.456 e. The van der Waals surface area contributed by atoms with E-state index in [9.17, 15) is 0 Å². The zero-order valence-electron chi connectivity index (χ0n) is 21.3. The maximum atomic E-state index is 6.62. The fourth-order valence-corrected chi connectivity index (χ4v) is 6.14. The van der Waals surface area contributed by atoms with E-state index >= 15 is 0 Å². The van der Waals surface area contributed by atoms with Gasteiger partial charge in [-0.05, 0) is 65.8 Å². The van der Waals surface area contributed by atoms with Gasteiger partial charge >= 0.3 is 0 Å². The number of hydrogen-bond acceptors (Lipinski definition) is 1. The standard InChI is InChI=1S/C32H26O.C2H6/c1-5-13-23-21(4)31(33-29(23)6-2)30-20(3)22-14-7-10-17-26(22)32(30)27-18-11-8-15-24(27)25-16-9-12-19-28(25)32;1-2/h5-19H,2H2,1,3-4H3;1-2H3/b13-5-;. The molecular formula is C34H32O. The van der Waals surface area contributed by atoms with Crippen molar-refractivity contribution in [2.75, 3.05) is 0 Å². The smallest absolute Gasteiger partial charge is 0.136 e. The Morgan fingerprint density at radius 3 is 1.74 bits per heavy atom.